The third-order valence-electron chi connectivity index (χ3n) is 3.36. The molecule has 1 rings (SSSR count). The van der Waals surface area contributed by atoms with Crippen LogP contribution < -0.4 is 5.32 Å². The highest BCUT2D eigenvalue weighted by Crippen LogP contribution is 2.36. The van der Waals surface area contributed by atoms with Crippen molar-refractivity contribution in [2.75, 3.05) is 0 Å². The topological polar surface area (TPSA) is 29.1 Å². The van der Waals surface area contributed by atoms with Gasteiger partial charge in [0.25, 0.3) is 0 Å². The van der Waals surface area contributed by atoms with E-state index in [1.165, 1.54) is 6.92 Å². The van der Waals surface area contributed by atoms with Gasteiger partial charge in [-0.05, 0) is 25.7 Å². The number of alkyl halides is 5. The number of rotatable bonds is 3. The highest BCUT2D eigenvalue weighted by molar-refractivity contribution is 5.84. The third-order valence-corrected chi connectivity index (χ3v) is 3.36. The minimum Gasteiger partial charge on any atom is -0.348 e. The summed E-state index contributed by atoms with van der Waals surface area (Å²) in [6, 6.07) is -0.661. The van der Waals surface area contributed by atoms with Gasteiger partial charge in [-0.3, -0.25) is 4.79 Å². The normalized spacial score (nSPS) is 20.6. The van der Waals surface area contributed by atoms with Gasteiger partial charge in [0.1, 0.15) is 0 Å². The summed E-state index contributed by atoms with van der Waals surface area (Å²) in [6.45, 7) is 1.47. The van der Waals surface area contributed by atoms with Crippen LogP contribution in [0.1, 0.15) is 39.0 Å². The molecule has 0 bridgehead atoms. The van der Waals surface area contributed by atoms with E-state index < -0.39 is 24.0 Å². The van der Waals surface area contributed by atoms with Crippen molar-refractivity contribution in [2.45, 2.75) is 57.2 Å². The molecule has 0 aromatic rings. The van der Waals surface area contributed by atoms with Crippen molar-refractivity contribution >= 4 is 5.91 Å². The number of halogens is 5. The van der Waals surface area contributed by atoms with E-state index in [1.54, 1.807) is 5.32 Å². The van der Waals surface area contributed by atoms with E-state index in [2.05, 4.69) is 0 Å². The molecule has 1 amide bonds. The smallest absolute Gasteiger partial charge is 0.348 e. The number of carbonyl (C=O) groups is 1. The van der Waals surface area contributed by atoms with Gasteiger partial charge in [-0.15, -0.1) is 0 Å². The van der Waals surface area contributed by atoms with Crippen molar-refractivity contribution in [1.29, 1.82) is 0 Å². The van der Waals surface area contributed by atoms with Crippen molar-refractivity contribution in [2.24, 2.45) is 5.92 Å². The van der Waals surface area contributed by atoms with E-state index in [0.29, 0.717) is 0 Å². The number of carbonyl (C=O) groups excluding carboxylic acids is 1. The number of hydrogen-bond donors (Lipinski definition) is 1. The molecule has 106 valence electrons. The summed E-state index contributed by atoms with van der Waals surface area (Å²) < 4.78 is 61.3. The summed E-state index contributed by atoms with van der Waals surface area (Å²) in [5.74, 6) is -7.60. The fourth-order valence-corrected chi connectivity index (χ4v) is 2.18. The van der Waals surface area contributed by atoms with Crippen LogP contribution in [0, 0.1) is 5.92 Å². The van der Waals surface area contributed by atoms with E-state index in [0.717, 1.165) is 32.1 Å². The van der Waals surface area contributed by atoms with Crippen molar-refractivity contribution in [3.05, 3.63) is 0 Å². The number of amides is 1. The van der Waals surface area contributed by atoms with Gasteiger partial charge >= 0.3 is 18.0 Å². The lowest BCUT2D eigenvalue weighted by Crippen LogP contribution is -2.53. The molecule has 1 fully saturated rings. The van der Waals surface area contributed by atoms with Crippen LogP contribution in [-0.2, 0) is 4.79 Å². The predicted molar refractivity (Wildman–Crippen MR) is 55.2 cm³/mol. The highest BCUT2D eigenvalue weighted by atomic mass is 19.4. The minimum atomic E-state index is -5.84. The molecule has 1 aliphatic rings. The molecule has 2 nitrogen and oxygen atoms in total. The number of hydrogen-bond acceptors (Lipinski definition) is 1. The maximum atomic E-state index is 12.7. The quantitative estimate of drug-likeness (QED) is 0.786. The molecule has 0 spiro atoms. The standard InChI is InChI=1S/C11H16F5NO/c1-7(8-5-3-2-4-6-8)17-9(18)10(12,13)11(14,15)16/h7-8H,2-6H2,1H3,(H,17,18)/t7-/m1/s1. The second-order valence-electron chi connectivity index (χ2n) is 4.73. The summed E-state index contributed by atoms with van der Waals surface area (Å²) in [5, 5.41) is 1.79. The Morgan fingerprint density at radius 1 is 1.11 bits per heavy atom. The first-order valence-corrected chi connectivity index (χ1v) is 5.91. The summed E-state index contributed by atoms with van der Waals surface area (Å²) in [7, 11) is 0. The first-order chi connectivity index (χ1) is 8.16. The van der Waals surface area contributed by atoms with Crippen molar-refractivity contribution in [1.82, 2.24) is 5.32 Å². The first kappa shape index (κ1) is 15.2. The van der Waals surface area contributed by atoms with Crippen molar-refractivity contribution in [3.8, 4) is 0 Å². The van der Waals surface area contributed by atoms with Gasteiger partial charge in [0.05, 0.1) is 0 Å². The van der Waals surface area contributed by atoms with Gasteiger partial charge in [-0.2, -0.15) is 22.0 Å². The zero-order valence-corrected chi connectivity index (χ0v) is 9.99. The number of nitrogens with one attached hydrogen (secondary N) is 1. The van der Waals surface area contributed by atoms with Crippen LogP contribution in [0.4, 0.5) is 22.0 Å². The fourth-order valence-electron chi connectivity index (χ4n) is 2.18. The zero-order chi connectivity index (χ0) is 14.0. The maximum Gasteiger partial charge on any atom is 0.463 e. The Labute approximate surface area is 102 Å². The largest absolute Gasteiger partial charge is 0.463 e. The molecule has 0 heterocycles. The second kappa shape index (κ2) is 5.40. The molecule has 0 radical (unpaired) electrons. The predicted octanol–water partition coefficient (Wildman–Crippen LogP) is 3.27. The van der Waals surface area contributed by atoms with Crippen LogP contribution in [0.5, 0.6) is 0 Å². The van der Waals surface area contributed by atoms with Crippen LogP contribution in [0.15, 0.2) is 0 Å². The second-order valence-corrected chi connectivity index (χ2v) is 4.73. The Balaban J connectivity index is 2.58. The molecule has 18 heavy (non-hydrogen) atoms. The SMILES string of the molecule is C[C@@H](NC(=O)C(F)(F)C(F)(F)F)C1CCCCC1. The Kier molecular flexibility index (Phi) is 4.55. The van der Waals surface area contributed by atoms with Gasteiger partial charge in [-0.25, -0.2) is 0 Å². The first-order valence-electron chi connectivity index (χ1n) is 5.91. The molecule has 1 N–H and O–H groups in total. The van der Waals surface area contributed by atoms with E-state index in [1.807, 2.05) is 0 Å². The fraction of sp³-hybridized carbons (Fsp3) is 0.909. The van der Waals surface area contributed by atoms with Gasteiger partial charge in [0.15, 0.2) is 0 Å². The van der Waals surface area contributed by atoms with Crippen molar-refractivity contribution in [3.63, 3.8) is 0 Å². The Hall–Kier alpha value is -0.880. The molecule has 1 aliphatic carbocycles. The summed E-state index contributed by atoms with van der Waals surface area (Å²) in [6.07, 6.45) is -1.47. The van der Waals surface area contributed by atoms with Crippen molar-refractivity contribution < 1.29 is 26.7 Å². The lowest BCUT2D eigenvalue weighted by Gasteiger charge is -2.29. The lowest BCUT2D eigenvalue weighted by atomic mass is 9.84. The van der Waals surface area contributed by atoms with E-state index >= 15 is 0 Å². The minimum absolute atomic E-state index is 0.0215. The molecular formula is C11H16F5NO. The van der Waals surface area contributed by atoms with Crippen LogP contribution >= 0.6 is 0 Å². The molecule has 0 aromatic heterocycles. The van der Waals surface area contributed by atoms with E-state index in [4.69, 9.17) is 0 Å². The average molecular weight is 273 g/mol. The summed E-state index contributed by atoms with van der Waals surface area (Å²) in [5.41, 5.74) is 0. The molecule has 7 heteroatoms. The van der Waals surface area contributed by atoms with Crippen LogP contribution in [0.3, 0.4) is 0 Å². The lowest BCUT2D eigenvalue weighted by molar-refractivity contribution is -0.270. The van der Waals surface area contributed by atoms with Gasteiger partial charge < -0.3 is 5.32 Å². The monoisotopic (exact) mass is 273 g/mol. The molecule has 1 saturated carbocycles. The summed E-state index contributed by atoms with van der Waals surface area (Å²) in [4.78, 5) is 11.0. The van der Waals surface area contributed by atoms with Gasteiger partial charge in [0, 0.05) is 6.04 Å². The summed E-state index contributed by atoms with van der Waals surface area (Å²) >= 11 is 0. The van der Waals surface area contributed by atoms with Gasteiger partial charge in [-0.1, -0.05) is 19.3 Å². The van der Waals surface area contributed by atoms with Crippen LogP contribution in [0.25, 0.3) is 0 Å². The Morgan fingerprint density at radius 2 is 1.61 bits per heavy atom. The van der Waals surface area contributed by atoms with E-state index in [9.17, 15) is 26.7 Å². The molecule has 0 aliphatic heterocycles. The maximum absolute atomic E-state index is 12.7. The average Bonchev–Trinajstić information content (AvgIpc) is 2.28. The molecule has 0 unspecified atom stereocenters. The van der Waals surface area contributed by atoms with Crippen LogP contribution in [-0.4, -0.2) is 24.0 Å². The Morgan fingerprint density at radius 3 is 2.06 bits per heavy atom. The molecule has 0 aromatic carbocycles. The Bertz CT molecular complexity index is 296. The molecule has 0 saturated heterocycles. The molecular weight excluding hydrogens is 257 g/mol. The van der Waals surface area contributed by atoms with Crippen LogP contribution in [0.2, 0.25) is 0 Å². The highest BCUT2D eigenvalue weighted by Gasteiger charge is 2.63. The third kappa shape index (κ3) is 3.32. The molecule has 1 atom stereocenters. The zero-order valence-electron chi connectivity index (χ0n) is 9.99. The van der Waals surface area contributed by atoms with E-state index in [-0.39, 0.29) is 5.92 Å². The van der Waals surface area contributed by atoms with Gasteiger partial charge in [0.2, 0.25) is 0 Å².